The lowest BCUT2D eigenvalue weighted by Crippen LogP contribution is -2.35. The van der Waals surface area contributed by atoms with Crippen molar-refractivity contribution in [2.24, 2.45) is 0 Å². The molecule has 2 aromatic rings. The van der Waals surface area contributed by atoms with Crippen molar-refractivity contribution in [3.63, 3.8) is 0 Å². The molecule has 2 amide bonds. The number of nitrogens with one attached hydrogen (secondary N) is 1. The Bertz CT molecular complexity index is 1010. The van der Waals surface area contributed by atoms with Gasteiger partial charge in [0, 0.05) is 31.4 Å². The minimum atomic E-state index is -4.69. The van der Waals surface area contributed by atoms with Gasteiger partial charge in [-0.2, -0.15) is 13.2 Å². The van der Waals surface area contributed by atoms with Gasteiger partial charge in [0.1, 0.15) is 11.6 Å². The van der Waals surface area contributed by atoms with Crippen LogP contribution in [0.25, 0.3) is 0 Å². The Balaban J connectivity index is 1.59. The van der Waals surface area contributed by atoms with Crippen LogP contribution in [-0.2, 0) is 24.1 Å². The first kappa shape index (κ1) is 22.9. The van der Waals surface area contributed by atoms with E-state index in [0.29, 0.717) is 28.0 Å². The van der Waals surface area contributed by atoms with E-state index in [-0.39, 0.29) is 12.5 Å². The average Bonchev–Trinajstić information content (AvgIpc) is 2.75. The van der Waals surface area contributed by atoms with Crippen LogP contribution in [-0.4, -0.2) is 34.4 Å². The Morgan fingerprint density at radius 1 is 1.06 bits per heavy atom. The lowest BCUT2D eigenvalue weighted by molar-refractivity contribution is -0.138. The van der Waals surface area contributed by atoms with Crippen LogP contribution in [0.2, 0.25) is 5.02 Å². The molecule has 10 heteroatoms. The number of rotatable bonds is 5. The molecule has 0 radical (unpaired) electrons. The van der Waals surface area contributed by atoms with Crippen molar-refractivity contribution in [3.8, 4) is 0 Å². The maximum atomic E-state index is 12.9. The highest BCUT2D eigenvalue weighted by Gasteiger charge is 2.32. The van der Waals surface area contributed by atoms with Gasteiger partial charge in [-0.1, -0.05) is 23.7 Å². The number of carbonyl (C=O) groups excluding carboxylic acids is 2. The van der Waals surface area contributed by atoms with Crippen molar-refractivity contribution in [2.75, 3.05) is 13.1 Å². The molecule has 31 heavy (non-hydrogen) atoms. The summed E-state index contributed by atoms with van der Waals surface area (Å²) in [6.07, 6.45) is -1.01. The number of pyridine rings is 1. The molecule has 1 saturated heterocycles. The number of carbonyl (C=O) groups is 2. The smallest absolute Gasteiger partial charge is 0.350 e. The fourth-order valence-corrected chi connectivity index (χ4v) is 3.55. The van der Waals surface area contributed by atoms with E-state index in [4.69, 9.17) is 11.6 Å². The first-order valence-corrected chi connectivity index (χ1v) is 10.1. The van der Waals surface area contributed by atoms with Crippen molar-refractivity contribution in [1.82, 2.24) is 14.8 Å². The summed E-state index contributed by atoms with van der Waals surface area (Å²) in [5, 5.41) is 1.93. The van der Waals surface area contributed by atoms with Gasteiger partial charge in [-0.3, -0.25) is 14.4 Å². The van der Waals surface area contributed by atoms with Gasteiger partial charge in [-0.05, 0) is 43.0 Å². The van der Waals surface area contributed by atoms with Crippen LogP contribution in [0, 0.1) is 0 Å². The first-order chi connectivity index (χ1) is 14.6. The lowest BCUT2D eigenvalue weighted by Gasteiger charge is -2.26. The van der Waals surface area contributed by atoms with Gasteiger partial charge >= 0.3 is 6.18 Å². The van der Waals surface area contributed by atoms with Crippen LogP contribution < -0.4 is 10.9 Å². The van der Waals surface area contributed by atoms with Crippen molar-refractivity contribution >= 4 is 23.4 Å². The fraction of sp³-hybridized carbons (Fsp3) is 0.381. The molecule has 2 heterocycles. The zero-order valence-electron chi connectivity index (χ0n) is 16.5. The second-order valence-corrected chi connectivity index (χ2v) is 7.74. The largest absolute Gasteiger partial charge is 0.417 e. The summed E-state index contributed by atoms with van der Waals surface area (Å²) in [4.78, 5) is 38.4. The highest BCUT2D eigenvalue weighted by molar-refractivity contribution is 6.30. The zero-order valence-corrected chi connectivity index (χ0v) is 17.3. The summed E-state index contributed by atoms with van der Waals surface area (Å²) >= 11 is 5.58. The minimum absolute atomic E-state index is 0.0314. The van der Waals surface area contributed by atoms with Gasteiger partial charge in [-0.15, -0.1) is 0 Å². The number of halogens is 4. The van der Waals surface area contributed by atoms with E-state index in [1.165, 1.54) is 0 Å². The zero-order chi connectivity index (χ0) is 22.6. The number of amides is 2. The van der Waals surface area contributed by atoms with E-state index in [1.54, 1.807) is 24.3 Å². The Morgan fingerprint density at radius 3 is 2.32 bits per heavy atom. The molecule has 0 aliphatic carbocycles. The van der Waals surface area contributed by atoms with Crippen LogP contribution in [0.4, 0.5) is 13.2 Å². The molecule has 6 nitrogen and oxygen atoms in total. The van der Waals surface area contributed by atoms with E-state index < -0.39 is 34.8 Å². The van der Waals surface area contributed by atoms with Gasteiger partial charge in [0.2, 0.25) is 5.91 Å². The number of nitrogens with zero attached hydrogens (tertiary/aromatic N) is 2. The van der Waals surface area contributed by atoms with E-state index in [0.717, 1.165) is 32.4 Å². The molecule has 1 aromatic carbocycles. The molecular formula is C21H21ClF3N3O3. The first-order valence-electron chi connectivity index (χ1n) is 9.77. The molecule has 0 atom stereocenters. The second kappa shape index (κ2) is 9.55. The Kier molecular flexibility index (Phi) is 7.04. The minimum Gasteiger partial charge on any atom is -0.350 e. The van der Waals surface area contributed by atoms with E-state index >= 15 is 0 Å². The van der Waals surface area contributed by atoms with Crippen LogP contribution in [0.3, 0.4) is 0 Å². The molecule has 1 aliphatic rings. The number of alkyl halides is 3. The number of aromatic nitrogens is 1. The highest BCUT2D eigenvalue weighted by Crippen LogP contribution is 2.29. The summed E-state index contributed by atoms with van der Waals surface area (Å²) in [5.41, 5.74) is -0.732. The second-order valence-electron chi connectivity index (χ2n) is 7.33. The summed E-state index contributed by atoms with van der Waals surface area (Å²) in [5.74, 6) is -0.679. The topological polar surface area (TPSA) is 71.4 Å². The summed E-state index contributed by atoms with van der Waals surface area (Å²) in [7, 11) is 0. The Labute approximate surface area is 181 Å². The van der Waals surface area contributed by atoms with Crippen LogP contribution >= 0.6 is 11.6 Å². The number of hydrogen-bond acceptors (Lipinski definition) is 3. The van der Waals surface area contributed by atoms with Crippen LogP contribution in [0.5, 0.6) is 0 Å². The molecule has 1 aromatic heterocycles. The van der Waals surface area contributed by atoms with Crippen molar-refractivity contribution in [2.45, 2.75) is 38.5 Å². The van der Waals surface area contributed by atoms with Crippen molar-refractivity contribution in [3.05, 3.63) is 68.6 Å². The van der Waals surface area contributed by atoms with Gasteiger partial charge in [-0.25, -0.2) is 0 Å². The predicted octanol–water partition coefficient (Wildman–Crippen LogP) is 3.46. The van der Waals surface area contributed by atoms with Gasteiger partial charge < -0.3 is 14.8 Å². The highest BCUT2D eigenvalue weighted by atomic mass is 35.5. The maximum Gasteiger partial charge on any atom is 0.417 e. The molecule has 0 unspecified atom stereocenters. The summed E-state index contributed by atoms with van der Waals surface area (Å²) in [6.45, 7) is 0.984. The van der Waals surface area contributed by atoms with Crippen molar-refractivity contribution in [1.29, 1.82) is 0 Å². The van der Waals surface area contributed by atoms with Crippen molar-refractivity contribution < 1.29 is 22.8 Å². The SMILES string of the molecule is O=C(Cn1cc(C(F)(F)F)cc(Cl)c1=O)NCc1ccc(C(=O)N2CCCCC2)cc1. The number of hydrogen-bond donors (Lipinski definition) is 1. The lowest BCUT2D eigenvalue weighted by atomic mass is 10.1. The summed E-state index contributed by atoms with van der Waals surface area (Å²) in [6, 6.07) is 7.28. The molecule has 3 rings (SSSR count). The molecule has 166 valence electrons. The molecule has 1 fully saturated rings. The molecule has 0 spiro atoms. The summed E-state index contributed by atoms with van der Waals surface area (Å²) < 4.78 is 39.3. The third-order valence-electron chi connectivity index (χ3n) is 5.02. The Hall–Kier alpha value is -2.81. The average molecular weight is 456 g/mol. The molecule has 0 bridgehead atoms. The quantitative estimate of drug-likeness (QED) is 0.750. The van der Waals surface area contributed by atoms with Gasteiger partial charge in [0.25, 0.3) is 11.5 Å². The van der Waals surface area contributed by atoms with E-state index in [9.17, 15) is 27.6 Å². The molecular weight excluding hydrogens is 435 g/mol. The number of likely N-dealkylation sites (tertiary alicyclic amines) is 1. The number of piperidine rings is 1. The normalized spacial score (nSPS) is 14.4. The standard InChI is InChI=1S/C21H21ClF3N3O3/c22-17-10-16(21(23,24)25)12-28(20(17)31)13-18(29)26-11-14-4-6-15(7-5-14)19(30)27-8-2-1-3-9-27/h4-7,10,12H,1-3,8-9,11,13H2,(H,26,29). The fourth-order valence-electron chi connectivity index (χ4n) is 3.33. The molecule has 1 N–H and O–H groups in total. The van der Waals surface area contributed by atoms with E-state index in [2.05, 4.69) is 5.32 Å². The number of benzene rings is 1. The predicted molar refractivity (Wildman–Crippen MR) is 109 cm³/mol. The van der Waals surface area contributed by atoms with Gasteiger partial charge in [0.05, 0.1) is 5.56 Å². The van der Waals surface area contributed by atoms with Crippen LogP contribution in [0.1, 0.15) is 40.7 Å². The monoisotopic (exact) mass is 455 g/mol. The van der Waals surface area contributed by atoms with E-state index in [1.807, 2.05) is 4.90 Å². The van der Waals surface area contributed by atoms with Crippen LogP contribution in [0.15, 0.2) is 41.3 Å². The van der Waals surface area contributed by atoms with Gasteiger partial charge in [0.15, 0.2) is 0 Å². The third-order valence-corrected chi connectivity index (χ3v) is 5.29. The maximum absolute atomic E-state index is 12.9. The Morgan fingerprint density at radius 2 is 1.71 bits per heavy atom. The molecule has 0 saturated carbocycles. The molecule has 1 aliphatic heterocycles. The third kappa shape index (κ3) is 5.88.